The zero-order valence-corrected chi connectivity index (χ0v) is 33.7. The highest BCUT2D eigenvalue weighted by molar-refractivity contribution is 5.98. The average molecular weight is 802 g/mol. The molecule has 0 amide bonds. The first-order valence-corrected chi connectivity index (χ1v) is 20.7. The molecule has 0 saturated heterocycles. The minimum Gasteiger partial charge on any atom is -0.457 e. The SMILES string of the molecule is CCCCCCc1c2nc(c(-c3ccccc3)c3ccc([nH]3)c(-c3ccccc3)c3nc(c(-c4ccc(C(=O)OCc5ccccc5[N+](=O)[O-])cc4)c4ccc1[nH]4)C=C3)C=C2. The maximum absolute atomic E-state index is 13.3. The van der Waals surface area contributed by atoms with Crippen LogP contribution in [0.3, 0.4) is 0 Å². The Hall–Kier alpha value is -7.65. The van der Waals surface area contributed by atoms with E-state index in [0.717, 1.165) is 109 Å². The zero-order chi connectivity index (χ0) is 41.7. The molecule has 2 N–H and O–H groups in total. The number of nitrogens with one attached hydrogen (secondary N) is 2. The highest BCUT2D eigenvalue weighted by atomic mass is 16.6. The smallest absolute Gasteiger partial charge is 0.338 e. The summed E-state index contributed by atoms with van der Waals surface area (Å²) in [6.07, 6.45) is 13.7. The van der Waals surface area contributed by atoms with Crippen molar-refractivity contribution in [2.45, 2.75) is 45.6 Å². The van der Waals surface area contributed by atoms with Gasteiger partial charge in [0.05, 0.1) is 38.8 Å². The molecule has 0 atom stereocenters. The topological polar surface area (TPSA) is 127 Å². The molecule has 0 radical (unpaired) electrons. The number of nitro groups is 1. The number of aryl methyl sites for hydroxylation is 1. The molecule has 2 aliphatic heterocycles. The summed E-state index contributed by atoms with van der Waals surface area (Å²) in [4.78, 5) is 42.6. The van der Waals surface area contributed by atoms with E-state index >= 15 is 0 Å². The fourth-order valence-corrected chi connectivity index (χ4v) is 8.19. The van der Waals surface area contributed by atoms with Crippen molar-refractivity contribution < 1.29 is 14.5 Å². The number of carbonyl (C=O) groups excluding carboxylic acids is 1. The van der Waals surface area contributed by atoms with Crippen LogP contribution in [0.4, 0.5) is 5.69 Å². The maximum atomic E-state index is 13.3. The minimum absolute atomic E-state index is 0.0930. The summed E-state index contributed by atoms with van der Waals surface area (Å²) in [5.74, 6) is -0.576. The predicted octanol–water partition coefficient (Wildman–Crippen LogP) is 13.0. The molecule has 9 nitrogen and oxygen atoms in total. The molecule has 5 heterocycles. The van der Waals surface area contributed by atoms with E-state index in [1.165, 1.54) is 12.5 Å². The van der Waals surface area contributed by atoms with E-state index in [-0.39, 0.29) is 12.3 Å². The van der Waals surface area contributed by atoms with Gasteiger partial charge in [-0.15, -0.1) is 0 Å². The first-order chi connectivity index (χ1) is 29.9. The average Bonchev–Trinajstić information content (AvgIpc) is 4.15. The lowest BCUT2D eigenvalue weighted by Crippen LogP contribution is -2.06. The number of aromatic amines is 2. The number of H-pyrrole nitrogens is 2. The van der Waals surface area contributed by atoms with Crippen molar-refractivity contribution in [2.24, 2.45) is 0 Å². The third kappa shape index (κ3) is 8.06. The molecule has 4 aromatic carbocycles. The van der Waals surface area contributed by atoms with Crippen LogP contribution in [0.5, 0.6) is 0 Å². The van der Waals surface area contributed by atoms with Crippen molar-refractivity contribution in [3.63, 3.8) is 0 Å². The summed E-state index contributed by atoms with van der Waals surface area (Å²) >= 11 is 0. The van der Waals surface area contributed by atoms with E-state index in [4.69, 9.17) is 14.7 Å². The van der Waals surface area contributed by atoms with E-state index in [1.807, 2.05) is 42.5 Å². The van der Waals surface area contributed by atoms with Crippen LogP contribution < -0.4 is 0 Å². The molecular weight excluding hydrogens is 759 g/mol. The van der Waals surface area contributed by atoms with Gasteiger partial charge in [0.1, 0.15) is 6.61 Å². The number of ether oxygens (including phenoxy) is 1. The molecule has 9 heteroatoms. The number of carbonyl (C=O) groups is 1. The Morgan fingerprint density at radius 1 is 0.574 bits per heavy atom. The lowest BCUT2D eigenvalue weighted by Gasteiger charge is -2.08. The second-order valence-corrected chi connectivity index (χ2v) is 15.2. The monoisotopic (exact) mass is 801 g/mol. The van der Waals surface area contributed by atoms with Crippen LogP contribution in [0.25, 0.3) is 79.8 Å². The molecular formula is C52H43N5O4. The van der Waals surface area contributed by atoms with Crippen LogP contribution in [0, 0.1) is 10.1 Å². The third-order valence-electron chi connectivity index (χ3n) is 11.2. The van der Waals surface area contributed by atoms with Crippen LogP contribution in [0.15, 0.2) is 133 Å². The molecule has 0 spiro atoms. The summed E-state index contributed by atoms with van der Waals surface area (Å²) in [6.45, 7) is 2.01. The van der Waals surface area contributed by atoms with E-state index < -0.39 is 10.9 Å². The number of esters is 1. The fraction of sp³-hybridized carbons (Fsp3) is 0.135. The van der Waals surface area contributed by atoms with E-state index in [0.29, 0.717) is 11.1 Å². The van der Waals surface area contributed by atoms with Gasteiger partial charge in [-0.3, -0.25) is 10.1 Å². The fourth-order valence-electron chi connectivity index (χ4n) is 8.19. The largest absolute Gasteiger partial charge is 0.457 e. The van der Waals surface area contributed by atoms with Gasteiger partial charge in [0.25, 0.3) is 5.69 Å². The molecule has 0 unspecified atom stereocenters. The van der Waals surface area contributed by atoms with Crippen molar-refractivity contribution in [2.75, 3.05) is 0 Å². The molecule has 7 aromatic rings. The van der Waals surface area contributed by atoms with Gasteiger partial charge in [-0.2, -0.15) is 0 Å². The van der Waals surface area contributed by atoms with E-state index in [2.05, 4.69) is 95.8 Å². The zero-order valence-electron chi connectivity index (χ0n) is 33.7. The first kappa shape index (κ1) is 38.8. The Bertz CT molecular complexity index is 3000. The van der Waals surface area contributed by atoms with Crippen molar-refractivity contribution in [3.05, 3.63) is 183 Å². The molecule has 300 valence electrons. The van der Waals surface area contributed by atoms with E-state index in [9.17, 15) is 14.9 Å². The standard InChI is InChI=1S/C52H43N5O4/c1-2-3-4-11-19-39-40-25-27-42(53-40)49(34-14-7-5-8-15-34)44-29-30-45(55-44)50(35-16-9-6-10-17-35)46-31-32-47(56-46)51(43-28-26-41(39)54-43)36-21-23-37(24-22-36)52(58)61-33-38-18-12-13-20-48(38)57(59)60/h5-10,12-18,20-32,54-55H,2-4,11,19,33H2,1H3. The van der Waals surface area contributed by atoms with Crippen LogP contribution in [-0.2, 0) is 17.8 Å². The number of hydrogen-bond acceptors (Lipinski definition) is 6. The van der Waals surface area contributed by atoms with Crippen LogP contribution in [0.2, 0.25) is 0 Å². The molecule has 0 fully saturated rings. The van der Waals surface area contributed by atoms with Gasteiger partial charge in [0.2, 0.25) is 0 Å². The minimum atomic E-state index is -0.576. The van der Waals surface area contributed by atoms with Crippen molar-refractivity contribution >= 4 is 58.0 Å². The van der Waals surface area contributed by atoms with Gasteiger partial charge >= 0.3 is 5.97 Å². The van der Waals surface area contributed by atoms with E-state index in [1.54, 1.807) is 30.3 Å². The Kier molecular flexibility index (Phi) is 11.0. The van der Waals surface area contributed by atoms with Crippen LogP contribution >= 0.6 is 0 Å². The number of nitro benzene ring substituents is 1. The Morgan fingerprint density at radius 2 is 1.07 bits per heavy atom. The summed E-state index contributed by atoms with van der Waals surface area (Å²) in [5, 5.41) is 11.5. The Morgan fingerprint density at radius 3 is 1.64 bits per heavy atom. The van der Waals surface area contributed by atoms with Gasteiger partial charge in [-0.1, -0.05) is 111 Å². The maximum Gasteiger partial charge on any atom is 0.338 e. The highest BCUT2D eigenvalue weighted by Gasteiger charge is 2.20. The highest BCUT2D eigenvalue weighted by Crippen LogP contribution is 2.37. The molecule has 9 rings (SSSR count). The summed E-state index contributed by atoms with van der Waals surface area (Å²) < 4.78 is 5.55. The predicted molar refractivity (Wildman–Crippen MR) is 245 cm³/mol. The van der Waals surface area contributed by atoms with Gasteiger partial charge in [0.15, 0.2) is 0 Å². The lowest BCUT2D eigenvalue weighted by atomic mass is 10.0. The van der Waals surface area contributed by atoms with Crippen molar-refractivity contribution in [1.82, 2.24) is 19.9 Å². The molecule has 61 heavy (non-hydrogen) atoms. The molecule has 3 aromatic heterocycles. The van der Waals surface area contributed by atoms with Gasteiger partial charge in [-0.25, -0.2) is 14.8 Å². The number of fused-ring (bicyclic) bond motifs is 8. The first-order valence-electron chi connectivity index (χ1n) is 20.7. The van der Waals surface area contributed by atoms with Gasteiger partial charge in [0, 0.05) is 50.4 Å². The number of benzene rings is 4. The second-order valence-electron chi connectivity index (χ2n) is 15.2. The molecule has 0 aliphatic carbocycles. The molecule has 0 saturated carbocycles. The summed E-state index contributed by atoms with van der Waals surface area (Å²) in [5.41, 5.74) is 14.6. The summed E-state index contributed by atoms with van der Waals surface area (Å²) in [6, 6.07) is 42.7. The van der Waals surface area contributed by atoms with Gasteiger partial charge < -0.3 is 14.7 Å². The number of para-hydroxylation sites is 1. The lowest BCUT2D eigenvalue weighted by molar-refractivity contribution is -0.385. The number of nitrogens with zero attached hydrogens (tertiary/aromatic N) is 3. The third-order valence-corrected chi connectivity index (χ3v) is 11.2. The quantitative estimate of drug-likeness (QED) is 0.0548. The van der Waals surface area contributed by atoms with Crippen LogP contribution in [0.1, 0.15) is 76.9 Å². The Labute approximate surface area is 353 Å². The van der Waals surface area contributed by atoms with Crippen molar-refractivity contribution in [3.8, 4) is 33.4 Å². The number of rotatable bonds is 12. The van der Waals surface area contributed by atoms with Gasteiger partial charge in [-0.05, 0) is 96.3 Å². The van der Waals surface area contributed by atoms with Crippen molar-refractivity contribution in [1.29, 1.82) is 0 Å². The number of unbranched alkanes of at least 4 members (excludes halogenated alkanes) is 3. The molecule has 2 aliphatic rings. The second kappa shape index (κ2) is 17.3. The number of hydrogen-bond donors (Lipinski definition) is 2. The Balaban J connectivity index is 1.25. The normalized spacial score (nSPS) is 11.8. The molecule has 8 bridgehead atoms. The van der Waals surface area contributed by atoms with Crippen LogP contribution in [-0.4, -0.2) is 30.8 Å². The summed E-state index contributed by atoms with van der Waals surface area (Å²) in [7, 11) is 0. The number of aromatic nitrogens is 4.